The van der Waals surface area contributed by atoms with Crippen molar-refractivity contribution >= 4 is 17.6 Å². The second kappa shape index (κ2) is 6.38. The number of hydrogen-bond acceptors (Lipinski definition) is 2. The average Bonchev–Trinajstić information content (AvgIpc) is 2.81. The number of rotatable bonds is 4. The molecule has 1 aliphatic rings. The Kier molecular flexibility index (Phi) is 4.81. The number of benzene rings is 1. The summed E-state index contributed by atoms with van der Waals surface area (Å²) in [6.45, 7) is 1.95. The van der Waals surface area contributed by atoms with Crippen LogP contribution in [-0.2, 0) is 9.53 Å². The molecule has 0 saturated heterocycles. The highest BCUT2D eigenvalue weighted by atomic mass is 35.5. The molecule has 1 saturated carbocycles. The first-order chi connectivity index (χ1) is 9.11. The van der Waals surface area contributed by atoms with E-state index in [2.05, 4.69) is 0 Å². The Balaban J connectivity index is 2.09. The van der Waals surface area contributed by atoms with Crippen LogP contribution in [0.4, 0.5) is 4.39 Å². The number of carbonyl (C=O) groups is 1. The van der Waals surface area contributed by atoms with Crippen LogP contribution in [0.1, 0.15) is 50.5 Å². The number of esters is 1. The minimum Gasteiger partial charge on any atom is -0.462 e. The molecule has 2 atom stereocenters. The maximum Gasteiger partial charge on any atom is 0.306 e. The normalized spacial score (nSPS) is 22.5. The minimum atomic E-state index is -0.414. The lowest BCUT2D eigenvalue weighted by atomic mass is 9.95. The Morgan fingerprint density at radius 1 is 1.47 bits per heavy atom. The summed E-state index contributed by atoms with van der Waals surface area (Å²) in [4.78, 5) is 11.6. The average molecular weight is 285 g/mol. The highest BCUT2D eigenvalue weighted by Gasteiger charge is 2.31. The quantitative estimate of drug-likeness (QED) is 0.763. The first kappa shape index (κ1) is 14.3. The number of hydrogen-bond donors (Lipinski definition) is 0. The molecule has 1 aliphatic carbocycles. The second-order valence-corrected chi connectivity index (χ2v) is 5.40. The highest BCUT2D eigenvalue weighted by Crippen LogP contribution is 2.38. The van der Waals surface area contributed by atoms with Crippen LogP contribution >= 0.6 is 11.6 Å². The Hall–Kier alpha value is -1.09. The van der Waals surface area contributed by atoms with Crippen LogP contribution in [0.3, 0.4) is 0 Å². The van der Waals surface area contributed by atoms with E-state index in [1.807, 2.05) is 6.92 Å². The Morgan fingerprint density at radius 2 is 2.26 bits per heavy atom. The molecule has 0 aliphatic heterocycles. The third-order valence-corrected chi connectivity index (χ3v) is 3.85. The fraction of sp³-hybridized carbons (Fsp3) is 0.533. The third-order valence-electron chi connectivity index (χ3n) is 3.56. The smallest absolute Gasteiger partial charge is 0.306 e. The van der Waals surface area contributed by atoms with Gasteiger partial charge in [-0.2, -0.15) is 0 Å². The van der Waals surface area contributed by atoms with Gasteiger partial charge in [0, 0.05) is 12.3 Å². The predicted octanol–water partition coefficient (Wildman–Crippen LogP) is 4.46. The molecular formula is C15H18ClFO2. The molecule has 1 fully saturated rings. The first-order valence-corrected chi connectivity index (χ1v) is 7.14. The van der Waals surface area contributed by atoms with E-state index >= 15 is 0 Å². The molecule has 1 aromatic carbocycles. The summed E-state index contributed by atoms with van der Waals surface area (Å²) < 4.78 is 18.7. The van der Waals surface area contributed by atoms with Gasteiger partial charge in [0.25, 0.3) is 0 Å². The summed E-state index contributed by atoms with van der Waals surface area (Å²) >= 11 is 5.81. The standard InChI is InChI=1S/C15H18ClFO2/c1-2-4-15(18)19-14-6-3-5-11(14)10-7-8-13(17)12(16)9-10/h7-9,11,14H,2-6H2,1H3. The summed E-state index contributed by atoms with van der Waals surface area (Å²) in [6, 6.07) is 4.76. The van der Waals surface area contributed by atoms with Crippen molar-refractivity contribution < 1.29 is 13.9 Å². The molecular weight excluding hydrogens is 267 g/mol. The van der Waals surface area contributed by atoms with Crippen molar-refractivity contribution in [2.45, 2.75) is 51.0 Å². The zero-order chi connectivity index (χ0) is 13.8. The topological polar surface area (TPSA) is 26.3 Å². The van der Waals surface area contributed by atoms with Crippen molar-refractivity contribution in [3.8, 4) is 0 Å². The van der Waals surface area contributed by atoms with Gasteiger partial charge in [0.15, 0.2) is 0 Å². The number of ether oxygens (including phenoxy) is 1. The van der Waals surface area contributed by atoms with E-state index in [0.717, 1.165) is 31.2 Å². The Morgan fingerprint density at radius 3 is 2.95 bits per heavy atom. The maximum absolute atomic E-state index is 13.2. The molecule has 4 heteroatoms. The van der Waals surface area contributed by atoms with Crippen LogP contribution in [0.25, 0.3) is 0 Å². The Labute approximate surface area is 117 Å². The van der Waals surface area contributed by atoms with Gasteiger partial charge in [-0.05, 0) is 43.4 Å². The molecule has 0 spiro atoms. The molecule has 19 heavy (non-hydrogen) atoms. The van der Waals surface area contributed by atoms with Crippen molar-refractivity contribution in [2.24, 2.45) is 0 Å². The van der Waals surface area contributed by atoms with E-state index in [-0.39, 0.29) is 23.0 Å². The van der Waals surface area contributed by atoms with Gasteiger partial charge in [0.05, 0.1) is 5.02 Å². The third kappa shape index (κ3) is 3.47. The second-order valence-electron chi connectivity index (χ2n) is 4.99. The molecule has 2 unspecified atom stereocenters. The summed E-state index contributed by atoms with van der Waals surface area (Å²) in [5.74, 6) is -0.422. The van der Waals surface area contributed by atoms with Gasteiger partial charge in [-0.25, -0.2) is 4.39 Å². The van der Waals surface area contributed by atoms with E-state index in [4.69, 9.17) is 16.3 Å². The summed E-state index contributed by atoms with van der Waals surface area (Å²) in [7, 11) is 0. The van der Waals surface area contributed by atoms with Crippen LogP contribution < -0.4 is 0 Å². The first-order valence-electron chi connectivity index (χ1n) is 6.76. The van der Waals surface area contributed by atoms with E-state index in [0.29, 0.717) is 6.42 Å². The summed E-state index contributed by atoms with van der Waals surface area (Å²) in [6.07, 6.45) is 3.98. The van der Waals surface area contributed by atoms with Gasteiger partial charge < -0.3 is 4.74 Å². The van der Waals surface area contributed by atoms with Crippen molar-refractivity contribution in [3.05, 3.63) is 34.6 Å². The molecule has 2 rings (SSSR count). The van der Waals surface area contributed by atoms with Gasteiger partial charge >= 0.3 is 5.97 Å². The fourth-order valence-electron chi connectivity index (χ4n) is 2.62. The molecule has 2 nitrogen and oxygen atoms in total. The van der Waals surface area contributed by atoms with Crippen LogP contribution in [0.2, 0.25) is 5.02 Å². The van der Waals surface area contributed by atoms with E-state index in [9.17, 15) is 9.18 Å². The fourth-order valence-corrected chi connectivity index (χ4v) is 2.81. The monoisotopic (exact) mass is 284 g/mol. The molecule has 0 N–H and O–H groups in total. The maximum atomic E-state index is 13.2. The molecule has 104 valence electrons. The SMILES string of the molecule is CCCC(=O)OC1CCCC1c1ccc(F)c(Cl)c1. The van der Waals surface area contributed by atoms with Crippen LogP contribution in [0, 0.1) is 5.82 Å². The molecule has 0 heterocycles. The molecule has 0 radical (unpaired) electrons. The lowest BCUT2D eigenvalue weighted by molar-refractivity contribution is -0.149. The van der Waals surface area contributed by atoms with Crippen LogP contribution in [-0.4, -0.2) is 12.1 Å². The number of halogens is 2. The van der Waals surface area contributed by atoms with Crippen LogP contribution in [0.5, 0.6) is 0 Å². The molecule has 0 bridgehead atoms. The van der Waals surface area contributed by atoms with Crippen molar-refractivity contribution in [1.29, 1.82) is 0 Å². The molecule has 0 amide bonds. The minimum absolute atomic E-state index is 0.0967. The zero-order valence-corrected chi connectivity index (χ0v) is 11.8. The zero-order valence-electron chi connectivity index (χ0n) is 11.0. The lowest BCUT2D eigenvalue weighted by Crippen LogP contribution is -2.20. The van der Waals surface area contributed by atoms with E-state index in [1.165, 1.54) is 6.07 Å². The van der Waals surface area contributed by atoms with Gasteiger partial charge in [0.1, 0.15) is 11.9 Å². The van der Waals surface area contributed by atoms with Crippen molar-refractivity contribution in [1.82, 2.24) is 0 Å². The van der Waals surface area contributed by atoms with Gasteiger partial charge in [-0.3, -0.25) is 4.79 Å². The predicted molar refractivity (Wildman–Crippen MR) is 72.8 cm³/mol. The summed E-state index contributed by atoms with van der Waals surface area (Å²) in [5, 5.41) is 0.128. The molecule has 1 aromatic rings. The lowest BCUT2D eigenvalue weighted by Gasteiger charge is -2.20. The summed E-state index contributed by atoms with van der Waals surface area (Å²) in [5.41, 5.74) is 0.957. The molecule has 0 aromatic heterocycles. The largest absolute Gasteiger partial charge is 0.462 e. The van der Waals surface area contributed by atoms with Gasteiger partial charge in [0.2, 0.25) is 0 Å². The van der Waals surface area contributed by atoms with Gasteiger partial charge in [-0.1, -0.05) is 24.6 Å². The van der Waals surface area contributed by atoms with E-state index in [1.54, 1.807) is 12.1 Å². The van der Waals surface area contributed by atoms with Crippen LogP contribution in [0.15, 0.2) is 18.2 Å². The van der Waals surface area contributed by atoms with Crippen molar-refractivity contribution in [3.63, 3.8) is 0 Å². The number of carbonyl (C=O) groups excluding carboxylic acids is 1. The van der Waals surface area contributed by atoms with Gasteiger partial charge in [-0.15, -0.1) is 0 Å². The highest BCUT2D eigenvalue weighted by molar-refractivity contribution is 6.30. The van der Waals surface area contributed by atoms with E-state index < -0.39 is 5.82 Å². The Bertz CT molecular complexity index is 461. The van der Waals surface area contributed by atoms with Crippen molar-refractivity contribution in [2.75, 3.05) is 0 Å².